The molecule has 3 aromatic rings. The summed E-state index contributed by atoms with van der Waals surface area (Å²) in [7, 11) is 1.65. The molecule has 2 N–H and O–H groups in total. The molecule has 0 aromatic heterocycles. The number of ketones is 1. The average molecular weight is 465 g/mol. The first-order valence-electron chi connectivity index (χ1n) is 10.5. The second-order valence-electron chi connectivity index (χ2n) is 8.11. The number of Topliss-reactive ketones (excluding diaryl/α,β-unsaturated/α-hetero) is 1. The molecule has 4 nitrogen and oxygen atoms in total. The molecule has 5 rings (SSSR count). The Morgan fingerprint density at radius 1 is 0.938 bits per heavy atom. The van der Waals surface area contributed by atoms with Crippen LogP contribution in [-0.4, -0.2) is 12.9 Å². The van der Waals surface area contributed by atoms with Gasteiger partial charge in [0.2, 0.25) is 0 Å². The number of halogens is 2. The standard InChI is InChI=1S/C26H22Cl2N2O2/c1-32-18-9-6-15(7-10-18)16-12-23-25(24(31)13-16)26(19-11-8-17(27)14-20(19)28)30-22-5-3-2-4-21(22)29-23/h2-11,14,16,26,29-30H,12-13H2,1H3. The summed E-state index contributed by atoms with van der Waals surface area (Å²) >= 11 is 12.7. The van der Waals surface area contributed by atoms with Crippen LogP contribution >= 0.6 is 23.2 Å². The van der Waals surface area contributed by atoms with Crippen LogP contribution in [0.5, 0.6) is 5.75 Å². The fourth-order valence-corrected chi connectivity index (χ4v) is 5.09. The van der Waals surface area contributed by atoms with E-state index in [9.17, 15) is 4.79 Å². The van der Waals surface area contributed by atoms with Crippen molar-refractivity contribution in [3.63, 3.8) is 0 Å². The Bertz CT molecular complexity index is 1220. The molecule has 0 bridgehead atoms. The first-order valence-corrected chi connectivity index (χ1v) is 11.3. The number of methoxy groups -OCH3 is 1. The van der Waals surface area contributed by atoms with Crippen LogP contribution in [0.4, 0.5) is 11.4 Å². The van der Waals surface area contributed by atoms with E-state index in [4.69, 9.17) is 27.9 Å². The maximum absolute atomic E-state index is 13.6. The Hall–Kier alpha value is -2.95. The van der Waals surface area contributed by atoms with Crippen LogP contribution in [0.2, 0.25) is 10.0 Å². The SMILES string of the molecule is COc1ccc(C2CC(=O)C3=C(C2)Nc2ccccc2NC3c2ccc(Cl)cc2Cl)cc1. The minimum absolute atomic E-state index is 0.0891. The van der Waals surface area contributed by atoms with Crippen LogP contribution in [0, 0.1) is 0 Å². The fourth-order valence-electron chi connectivity index (χ4n) is 4.57. The van der Waals surface area contributed by atoms with Crippen LogP contribution in [0.3, 0.4) is 0 Å². The number of rotatable bonds is 3. The highest BCUT2D eigenvalue weighted by Gasteiger charge is 2.36. The number of fused-ring (bicyclic) bond motifs is 1. The number of hydrogen-bond donors (Lipinski definition) is 2. The van der Waals surface area contributed by atoms with E-state index in [0.29, 0.717) is 16.5 Å². The summed E-state index contributed by atoms with van der Waals surface area (Å²) in [5, 5.41) is 8.20. The quantitative estimate of drug-likeness (QED) is 0.438. The molecule has 2 unspecified atom stereocenters. The van der Waals surface area contributed by atoms with Crippen LogP contribution < -0.4 is 15.4 Å². The molecule has 0 radical (unpaired) electrons. The lowest BCUT2D eigenvalue weighted by Crippen LogP contribution is -2.27. The second kappa shape index (κ2) is 8.53. The molecule has 0 fully saturated rings. The Labute approximate surface area is 197 Å². The van der Waals surface area contributed by atoms with Crippen LogP contribution in [0.15, 0.2) is 78.0 Å². The Morgan fingerprint density at radius 2 is 1.69 bits per heavy atom. The van der Waals surface area contributed by atoms with Gasteiger partial charge in [0.15, 0.2) is 5.78 Å². The third-order valence-corrected chi connectivity index (χ3v) is 6.73. The van der Waals surface area contributed by atoms with Crippen molar-refractivity contribution < 1.29 is 9.53 Å². The van der Waals surface area contributed by atoms with Crippen molar-refractivity contribution in [2.75, 3.05) is 17.7 Å². The number of carbonyl (C=O) groups is 1. The summed E-state index contributed by atoms with van der Waals surface area (Å²) in [5.74, 6) is 1.00. The van der Waals surface area contributed by atoms with Crippen molar-refractivity contribution in [3.8, 4) is 5.75 Å². The Morgan fingerprint density at radius 3 is 2.41 bits per heavy atom. The minimum atomic E-state index is -0.366. The topological polar surface area (TPSA) is 50.4 Å². The molecular weight excluding hydrogens is 443 g/mol. The van der Waals surface area contributed by atoms with Gasteiger partial charge in [-0.05, 0) is 59.9 Å². The van der Waals surface area contributed by atoms with E-state index in [1.807, 2.05) is 60.7 Å². The van der Waals surface area contributed by atoms with Crippen LogP contribution in [0.25, 0.3) is 0 Å². The highest BCUT2D eigenvalue weighted by Crippen LogP contribution is 2.45. The number of benzene rings is 3. The molecule has 0 amide bonds. The van der Waals surface area contributed by atoms with E-state index in [2.05, 4.69) is 10.6 Å². The van der Waals surface area contributed by atoms with Crippen molar-refractivity contribution in [2.45, 2.75) is 24.8 Å². The summed E-state index contributed by atoms with van der Waals surface area (Å²) in [6, 6.07) is 21.0. The summed E-state index contributed by atoms with van der Waals surface area (Å²) in [6.45, 7) is 0. The fraction of sp³-hybridized carbons (Fsp3) is 0.192. The van der Waals surface area contributed by atoms with Crippen molar-refractivity contribution >= 4 is 40.4 Å². The second-order valence-corrected chi connectivity index (χ2v) is 8.95. The molecular formula is C26H22Cl2N2O2. The first kappa shape index (κ1) is 20.9. The average Bonchev–Trinajstić information content (AvgIpc) is 2.96. The maximum Gasteiger partial charge on any atom is 0.163 e. The Kier molecular flexibility index (Phi) is 5.58. The van der Waals surface area contributed by atoms with E-state index < -0.39 is 0 Å². The maximum atomic E-state index is 13.6. The number of anilines is 2. The van der Waals surface area contributed by atoms with E-state index in [1.165, 1.54) is 0 Å². The smallest absolute Gasteiger partial charge is 0.163 e. The highest BCUT2D eigenvalue weighted by molar-refractivity contribution is 6.35. The number of carbonyl (C=O) groups excluding carboxylic acids is 1. The minimum Gasteiger partial charge on any atom is -0.497 e. The lowest BCUT2D eigenvalue weighted by atomic mass is 9.78. The van der Waals surface area contributed by atoms with E-state index in [-0.39, 0.29) is 17.7 Å². The van der Waals surface area contributed by atoms with Crippen molar-refractivity contribution in [1.82, 2.24) is 0 Å². The molecule has 1 heterocycles. The lowest BCUT2D eigenvalue weighted by molar-refractivity contribution is -0.116. The van der Waals surface area contributed by atoms with Crippen molar-refractivity contribution in [3.05, 3.63) is 99.2 Å². The molecule has 1 aliphatic heterocycles. The highest BCUT2D eigenvalue weighted by atomic mass is 35.5. The molecule has 3 aromatic carbocycles. The normalized spacial score (nSPS) is 19.9. The summed E-state index contributed by atoms with van der Waals surface area (Å²) < 4.78 is 5.28. The zero-order valence-electron chi connectivity index (χ0n) is 17.5. The van der Waals surface area contributed by atoms with Crippen LogP contribution in [-0.2, 0) is 4.79 Å². The van der Waals surface area contributed by atoms with Gasteiger partial charge in [-0.2, -0.15) is 0 Å². The van der Waals surface area contributed by atoms with Gasteiger partial charge >= 0.3 is 0 Å². The number of nitrogens with one attached hydrogen (secondary N) is 2. The predicted molar refractivity (Wildman–Crippen MR) is 130 cm³/mol. The molecule has 6 heteroatoms. The van der Waals surface area contributed by atoms with Crippen molar-refractivity contribution in [2.24, 2.45) is 0 Å². The van der Waals surface area contributed by atoms with E-state index in [1.54, 1.807) is 13.2 Å². The number of allylic oxidation sites excluding steroid dienone is 1. The Balaban J connectivity index is 1.60. The van der Waals surface area contributed by atoms with Gasteiger partial charge in [-0.1, -0.05) is 53.5 Å². The largest absolute Gasteiger partial charge is 0.497 e. The lowest BCUT2D eigenvalue weighted by Gasteiger charge is -2.30. The van der Waals surface area contributed by atoms with Gasteiger partial charge in [0.25, 0.3) is 0 Å². The molecule has 0 spiro atoms. The summed E-state index contributed by atoms with van der Waals surface area (Å²) in [6.07, 6.45) is 1.16. The first-order chi connectivity index (χ1) is 15.5. The predicted octanol–water partition coefficient (Wildman–Crippen LogP) is 6.98. The van der Waals surface area contributed by atoms with Gasteiger partial charge in [-0.25, -0.2) is 0 Å². The van der Waals surface area contributed by atoms with Gasteiger partial charge in [0.1, 0.15) is 5.75 Å². The van der Waals surface area contributed by atoms with E-state index in [0.717, 1.165) is 45.9 Å². The molecule has 1 aliphatic carbocycles. The zero-order chi connectivity index (χ0) is 22.2. The molecule has 0 saturated carbocycles. The van der Waals surface area contributed by atoms with Crippen molar-refractivity contribution in [1.29, 1.82) is 0 Å². The summed E-state index contributed by atoms with van der Waals surface area (Å²) in [5.41, 5.74) is 5.48. The molecule has 32 heavy (non-hydrogen) atoms. The van der Waals surface area contributed by atoms with Gasteiger partial charge in [0, 0.05) is 27.7 Å². The van der Waals surface area contributed by atoms with Gasteiger partial charge in [-0.15, -0.1) is 0 Å². The van der Waals surface area contributed by atoms with E-state index >= 15 is 0 Å². The number of para-hydroxylation sites is 2. The molecule has 0 saturated heterocycles. The summed E-state index contributed by atoms with van der Waals surface area (Å²) in [4.78, 5) is 13.6. The zero-order valence-corrected chi connectivity index (χ0v) is 19.0. The molecule has 2 atom stereocenters. The number of hydrogen-bond acceptors (Lipinski definition) is 4. The van der Waals surface area contributed by atoms with Gasteiger partial charge in [-0.3, -0.25) is 4.79 Å². The monoisotopic (exact) mass is 464 g/mol. The van der Waals surface area contributed by atoms with Gasteiger partial charge < -0.3 is 15.4 Å². The molecule has 162 valence electrons. The molecule has 2 aliphatic rings. The van der Waals surface area contributed by atoms with Gasteiger partial charge in [0.05, 0.1) is 24.5 Å². The van der Waals surface area contributed by atoms with Crippen LogP contribution in [0.1, 0.15) is 35.9 Å². The third-order valence-electron chi connectivity index (χ3n) is 6.17. The number of ether oxygens (including phenoxy) is 1. The third kappa shape index (κ3) is 3.85.